The zero-order valence-corrected chi connectivity index (χ0v) is 16.7. The van der Waals surface area contributed by atoms with Crippen LogP contribution in [0.15, 0.2) is 0 Å². The summed E-state index contributed by atoms with van der Waals surface area (Å²) < 4.78 is 37.2. The summed E-state index contributed by atoms with van der Waals surface area (Å²) in [5.41, 5.74) is 0. The topological polar surface area (TPSA) is 90.4 Å². The van der Waals surface area contributed by atoms with Crippen molar-refractivity contribution in [2.45, 2.75) is 31.5 Å². The van der Waals surface area contributed by atoms with Crippen molar-refractivity contribution in [2.75, 3.05) is 53.5 Å². The molecule has 3 saturated heterocycles. The molecule has 0 aromatic heterocycles. The molecule has 8 nitrogen and oxygen atoms in total. The second-order valence-corrected chi connectivity index (χ2v) is 7.80. The number of piperidine rings is 1. The van der Waals surface area contributed by atoms with Gasteiger partial charge in [-0.3, -0.25) is 14.5 Å². The number of carboxylic acids is 1. The van der Waals surface area contributed by atoms with Gasteiger partial charge >= 0.3 is 12.1 Å². The Kier molecular flexibility index (Phi) is 7.87. The summed E-state index contributed by atoms with van der Waals surface area (Å²) in [6.07, 6.45) is -1.90. The van der Waals surface area contributed by atoms with Crippen LogP contribution in [-0.4, -0.2) is 103 Å². The molecule has 3 aliphatic rings. The van der Waals surface area contributed by atoms with Crippen LogP contribution in [0.3, 0.4) is 0 Å². The zero-order chi connectivity index (χ0) is 21.8. The molecule has 3 heterocycles. The molecule has 0 unspecified atom stereocenters. The number of carbonyl (C=O) groups excluding carboxylic acids is 2. The number of fused-ring (bicyclic) bond motifs is 1. The number of rotatable bonds is 3. The van der Waals surface area contributed by atoms with Gasteiger partial charge in [-0.2, -0.15) is 13.2 Å². The normalized spacial score (nSPS) is 25.8. The largest absolute Gasteiger partial charge is 0.490 e. The predicted octanol–water partition coefficient (Wildman–Crippen LogP) is 0.667. The molecule has 0 saturated carbocycles. The fraction of sp³-hybridized carbons (Fsp3) is 0.833. The first-order valence-electron chi connectivity index (χ1n) is 9.61. The van der Waals surface area contributed by atoms with E-state index < -0.39 is 12.1 Å². The van der Waals surface area contributed by atoms with E-state index in [0.29, 0.717) is 12.0 Å². The Morgan fingerprint density at radius 1 is 1.17 bits per heavy atom. The Bertz CT molecular complexity index is 608. The summed E-state index contributed by atoms with van der Waals surface area (Å²) >= 11 is 0. The van der Waals surface area contributed by atoms with Crippen LogP contribution in [0.2, 0.25) is 0 Å². The Morgan fingerprint density at radius 2 is 1.76 bits per heavy atom. The van der Waals surface area contributed by atoms with Crippen LogP contribution < -0.4 is 0 Å². The first-order chi connectivity index (χ1) is 13.5. The number of carbonyl (C=O) groups is 3. The summed E-state index contributed by atoms with van der Waals surface area (Å²) in [4.78, 5) is 39.3. The van der Waals surface area contributed by atoms with Gasteiger partial charge in [0.25, 0.3) is 0 Å². The maximum Gasteiger partial charge on any atom is 0.490 e. The minimum atomic E-state index is -5.08. The molecule has 0 aromatic rings. The SMILES string of the molecule is CN(C)C(=O)CN1CC[C@H]2CN(C3CCOCC3)C[C@@H]2C1=O.O=C(O)C(F)(F)F. The fourth-order valence-corrected chi connectivity index (χ4v) is 3.95. The first-order valence-corrected chi connectivity index (χ1v) is 9.61. The van der Waals surface area contributed by atoms with Crippen LogP contribution in [0.1, 0.15) is 19.3 Å². The number of alkyl halides is 3. The number of carboxylic acid groups (broad SMARTS) is 1. The summed E-state index contributed by atoms with van der Waals surface area (Å²) in [7, 11) is 3.48. The van der Waals surface area contributed by atoms with Crippen LogP contribution in [-0.2, 0) is 19.1 Å². The Labute approximate surface area is 167 Å². The van der Waals surface area contributed by atoms with Crippen molar-refractivity contribution in [3.8, 4) is 0 Å². The molecule has 0 aromatic carbocycles. The molecule has 166 valence electrons. The van der Waals surface area contributed by atoms with Gasteiger partial charge in [0.1, 0.15) is 0 Å². The lowest BCUT2D eigenvalue weighted by Crippen LogP contribution is -2.49. The van der Waals surface area contributed by atoms with Crippen molar-refractivity contribution in [3.05, 3.63) is 0 Å². The van der Waals surface area contributed by atoms with Gasteiger partial charge in [0.2, 0.25) is 11.8 Å². The van der Waals surface area contributed by atoms with Gasteiger partial charge in [-0.1, -0.05) is 0 Å². The molecule has 29 heavy (non-hydrogen) atoms. The third-order valence-electron chi connectivity index (χ3n) is 5.64. The van der Waals surface area contributed by atoms with Gasteiger partial charge in [-0.25, -0.2) is 4.79 Å². The molecule has 0 radical (unpaired) electrons. The van der Waals surface area contributed by atoms with Crippen LogP contribution in [0.4, 0.5) is 13.2 Å². The van der Waals surface area contributed by atoms with E-state index in [1.54, 1.807) is 23.9 Å². The second kappa shape index (κ2) is 9.75. The molecule has 2 amide bonds. The Morgan fingerprint density at radius 3 is 2.28 bits per heavy atom. The van der Waals surface area contributed by atoms with Gasteiger partial charge < -0.3 is 19.6 Å². The number of likely N-dealkylation sites (tertiary alicyclic amines) is 2. The highest BCUT2D eigenvalue weighted by Gasteiger charge is 2.44. The van der Waals surface area contributed by atoms with Gasteiger partial charge in [-0.15, -0.1) is 0 Å². The molecule has 0 aliphatic carbocycles. The van der Waals surface area contributed by atoms with Gasteiger partial charge in [0.05, 0.1) is 12.5 Å². The smallest absolute Gasteiger partial charge is 0.475 e. The van der Waals surface area contributed by atoms with Crippen LogP contribution >= 0.6 is 0 Å². The van der Waals surface area contributed by atoms with E-state index in [-0.39, 0.29) is 24.3 Å². The summed E-state index contributed by atoms with van der Waals surface area (Å²) in [6.45, 7) is 4.53. The van der Waals surface area contributed by atoms with E-state index in [2.05, 4.69) is 4.90 Å². The van der Waals surface area contributed by atoms with Crippen molar-refractivity contribution < 1.29 is 37.4 Å². The van der Waals surface area contributed by atoms with Crippen molar-refractivity contribution in [3.63, 3.8) is 0 Å². The summed E-state index contributed by atoms with van der Waals surface area (Å²) in [5, 5.41) is 7.12. The third-order valence-corrected chi connectivity index (χ3v) is 5.64. The number of likely N-dealkylation sites (N-methyl/N-ethyl adjacent to an activating group) is 1. The minimum absolute atomic E-state index is 0.00563. The molecule has 3 fully saturated rings. The van der Waals surface area contributed by atoms with E-state index in [1.807, 2.05) is 0 Å². The van der Waals surface area contributed by atoms with E-state index in [4.69, 9.17) is 14.6 Å². The standard InChI is InChI=1S/C16H27N3O3.C2HF3O2/c1-17(2)15(20)11-18-6-3-12-9-19(10-14(12)16(18)21)13-4-7-22-8-5-13;3-2(4,5)1(6)7/h12-14H,3-11H2,1-2H3;(H,6,7)/t12-,14-;/m0./s1. The molecule has 2 atom stereocenters. The third kappa shape index (κ3) is 6.30. The lowest BCUT2D eigenvalue weighted by atomic mass is 9.88. The number of halogens is 3. The quantitative estimate of drug-likeness (QED) is 0.718. The number of hydrogen-bond donors (Lipinski definition) is 1. The summed E-state index contributed by atoms with van der Waals surface area (Å²) in [6, 6.07) is 0.573. The molecule has 1 N–H and O–H groups in total. The average Bonchev–Trinajstić information content (AvgIpc) is 3.09. The first kappa shape index (κ1) is 23.4. The van der Waals surface area contributed by atoms with E-state index >= 15 is 0 Å². The minimum Gasteiger partial charge on any atom is -0.475 e. The van der Waals surface area contributed by atoms with E-state index in [1.165, 1.54) is 0 Å². The predicted molar refractivity (Wildman–Crippen MR) is 96.0 cm³/mol. The zero-order valence-electron chi connectivity index (χ0n) is 16.7. The number of hydrogen-bond acceptors (Lipinski definition) is 5. The molecule has 3 rings (SSSR count). The number of ether oxygens (including phenoxy) is 1. The van der Waals surface area contributed by atoms with Crippen molar-refractivity contribution in [1.29, 1.82) is 0 Å². The van der Waals surface area contributed by atoms with Gasteiger partial charge in [0.15, 0.2) is 0 Å². The molecular weight excluding hydrogens is 395 g/mol. The van der Waals surface area contributed by atoms with Crippen LogP contribution in [0.5, 0.6) is 0 Å². The molecule has 0 bridgehead atoms. The highest BCUT2D eigenvalue weighted by molar-refractivity contribution is 5.86. The van der Waals surface area contributed by atoms with Crippen molar-refractivity contribution >= 4 is 17.8 Å². The molecule has 0 spiro atoms. The Hall–Kier alpha value is -1.88. The lowest BCUT2D eigenvalue weighted by molar-refractivity contribution is -0.192. The van der Waals surface area contributed by atoms with Crippen LogP contribution in [0.25, 0.3) is 0 Å². The van der Waals surface area contributed by atoms with Crippen LogP contribution in [0, 0.1) is 11.8 Å². The molecule has 3 aliphatic heterocycles. The average molecular weight is 423 g/mol. The number of aliphatic carboxylic acids is 1. The lowest BCUT2D eigenvalue weighted by Gasteiger charge is -2.34. The second-order valence-electron chi connectivity index (χ2n) is 7.80. The van der Waals surface area contributed by atoms with Gasteiger partial charge in [-0.05, 0) is 25.2 Å². The maximum atomic E-state index is 12.7. The highest BCUT2D eigenvalue weighted by atomic mass is 19.4. The summed E-state index contributed by atoms with van der Waals surface area (Å²) in [5.74, 6) is -2.01. The monoisotopic (exact) mass is 423 g/mol. The Balaban J connectivity index is 0.000000370. The van der Waals surface area contributed by atoms with Crippen molar-refractivity contribution in [2.24, 2.45) is 11.8 Å². The highest BCUT2D eigenvalue weighted by Crippen LogP contribution is 2.34. The number of nitrogens with zero attached hydrogens (tertiary/aromatic N) is 3. The van der Waals surface area contributed by atoms with Gasteiger partial charge in [0, 0.05) is 53.0 Å². The van der Waals surface area contributed by atoms with E-state index in [9.17, 15) is 22.8 Å². The molecular formula is C18H28F3N3O5. The van der Waals surface area contributed by atoms with E-state index in [0.717, 1.165) is 52.1 Å². The maximum absolute atomic E-state index is 12.7. The fourth-order valence-electron chi connectivity index (χ4n) is 3.95. The molecule has 11 heteroatoms. The number of amides is 2. The van der Waals surface area contributed by atoms with Crippen molar-refractivity contribution in [1.82, 2.24) is 14.7 Å².